The Bertz CT molecular complexity index is 981. The Morgan fingerprint density at radius 3 is 2.52 bits per heavy atom. The molecule has 0 aliphatic carbocycles. The van der Waals surface area contributed by atoms with Gasteiger partial charge in [0.1, 0.15) is 0 Å². The minimum absolute atomic E-state index is 0.0255. The second kappa shape index (κ2) is 9.25. The van der Waals surface area contributed by atoms with Gasteiger partial charge in [-0.25, -0.2) is 8.42 Å². The summed E-state index contributed by atoms with van der Waals surface area (Å²) in [4.78, 5) is 16.1. The highest BCUT2D eigenvalue weighted by Crippen LogP contribution is 2.35. The zero-order valence-corrected chi connectivity index (χ0v) is 19.4. The van der Waals surface area contributed by atoms with E-state index in [1.807, 2.05) is 25.3 Å². The smallest absolute Gasteiger partial charge is 0.254 e. The van der Waals surface area contributed by atoms with Gasteiger partial charge in [-0.3, -0.25) is 4.79 Å². The summed E-state index contributed by atoms with van der Waals surface area (Å²) in [6.07, 6.45) is 1.23. The molecule has 1 aromatic heterocycles. The molecule has 9 heteroatoms. The average molecular weight is 476 g/mol. The fourth-order valence-corrected chi connectivity index (χ4v) is 6.53. The van der Waals surface area contributed by atoms with Crippen molar-refractivity contribution in [2.45, 2.75) is 39.3 Å². The van der Waals surface area contributed by atoms with Crippen molar-refractivity contribution in [3.8, 4) is 5.75 Å². The normalized spacial score (nSPS) is 18.0. The highest BCUT2D eigenvalue weighted by molar-refractivity contribution is 7.91. The lowest BCUT2D eigenvalue weighted by Gasteiger charge is -2.28. The summed E-state index contributed by atoms with van der Waals surface area (Å²) < 4.78 is 29.6. The number of benzene rings is 1. The third kappa shape index (κ3) is 5.26. The number of halogens is 2. The van der Waals surface area contributed by atoms with Crippen molar-refractivity contribution in [1.82, 2.24) is 4.90 Å². The van der Waals surface area contributed by atoms with E-state index in [9.17, 15) is 13.2 Å². The first kappa shape index (κ1) is 22.4. The van der Waals surface area contributed by atoms with Crippen LogP contribution >= 0.6 is 34.5 Å². The Balaban J connectivity index is 1.93. The van der Waals surface area contributed by atoms with Gasteiger partial charge in [0, 0.05) is 16.5 Å². The Labute approximate surface area is 185 Å². The summed E-state index contributed by atoms with van der Waals surface area (Å²) in [5, 5.41) is 2.49. The van der Waals surface area contributed by atoms with Gasteiger partial charge >= 0.3 is 0 Å². The molecule has 1 fully saturated rings. The largest absolute Gasteiger partial charge is 0.490 e. The monoisotopic (exact) mass is 475 g/mol. The van der Waals surface area contributed by atoms with Crippen molar-refractivity contribution in [2.24, 2.45) is 0 Å². The molecule has 0 N–H and O–H groups in total. The molecule has 0 saturated carbocycles. The minimum atomic E-state index is -3.14. The summed E-state index contributed by atoms with van der Waals surface area (Å²) in [6.45, 7) is 4.77. The minimum Gasteiger partial charge on any atom is -0.490 e. The van der Waals surface area contributed by atoms with Crippen molar-refractivity contribution in [2.75, 3.05) is 18.1 Å². The van der Waals surface area contributed by atoms with Gasteiger partial charge in [0.05, 0.1) is 34.7 Å². The molecule has 2 aromatic rings. The van der Waals surface area contributed by atoms with Crippen LogP contribution in [0.15, 0.2) is 23.6 Å². The highest BCUT2D eigenvalue weighted by atomic mass is 35.5. The maximum atomic E-state index is 13.4. The summed E-state index contributed by atoms with van der Waals surface area (Å²) in [5.74, 6) is 0.139. The molecule has 1 saturated heterocycles. The second-order valence-corrected chi connectivity index (χ2v) is 11.2. The van der Waals surface area contributed by atoms with E-state index in [0.29, 0.717) is 30.9 Å². The average Bonchev–Trinajstić information content (AvgIpc) is 3.23. The predicted molar refractivity (Wildman–Crippen MR) is 118 cm³/mol. The van der Waals surface area contributed by atoms with Crippen molar-refractivity contribution < 1.29 is 17.9 Å². The first-order valence-electron chi connectivity index (χ1n) is 9.38. The van der Waals surface area contributed by atoms with E-state index in [0.717, 1.165) is 16.9 Å². The topological polar surface area (TPSA) is 63.7 Å². The molecule has 0 unspecified atom stereocenters. The fourth-order valence-electron chi connectivity index (χ4n) is 3.30. The predicted octanol–water partition coefficient (Wildman–Crippen LogP) is 4.98. The number of ether oxygens (including phenoxy) is 1. The Morgan fingerprint density at radius 2 is 2.00 bits per heavy atom. The molecule has 29 heavy (non-hydrogen) atoms. The number of amides is 1. The lowest BCUT2D eigenvalue weighted by molar-refractivity contribution is 0.0683. The van der Waals surface area contributed by atoms with Crippen LogP contribution in [0.3, 0.4) is 0 Å². The molecule has 0 spiro atoms. The van der Waals surface area contributed by atoms with Crippen LogP contribution in [0.2, 0.25) is 10.0 Å². The van der Waals surface area contributed by atoms with Gasteiger partial charge in [-0.1, -0.05) is 30.1 Å². The van der Waals surface area contributed by atoms with Crippen molar-refractivity contribution in [3.63, 3.8) is 0 Å². The van der Waals surface area contributed by atoms with E-state index in [2.05, 4.69) is 0 Å². The first-order chi connectivity index (χ1) is 13.7. The van der Waals surface area contributed by atoms with Gasteiger partial charge in [-0.15, -0.1) is 11.3 Å². The van der Waals surface area contributed by atoms with Crippen molar-refractivity contribution >= 4 is 50.3 Å². The SMILES string of the molecule is CCCOc1c(Cl)cc(C(=O)N(Cc2sccc2C)[C@H]2CCS(=O)(=O)C2)cc1Cl. The Morgan fingerprint density at radius 1 is 1.31 bits per heavy atom. The van der Waals surface area contributed by atoms with Crippen molar-refractivity contribution in [3.05, 3.63) is 49.6 Å². The molecule has 5 nitrogen and oxygen atoms in total. The number of sulfone groups is 1. The van der Waals surface area contributed by atoms with Crippen LogP contribution in [0.5, 0.6) is 5.75 Å². The number of hydrogen-bond donors (Lipinski definition) is 0. The molecule has 158 valence electrons. The summed E-state index contributed by atoms with van der Waals surface area (Å²) >= 11 is 14.2. The number of aryl methyl sites for hydroxylation is 1. The lowest BCUT2D eigenvalue weighted by atomic mass is 10.1. The van der Waals surface area contributed by atoms with Crippen LogP contribution in [-0.4, -0.2) is 43.4 Å². The van der Waals surface area contributed by atoms with E-state index in [1.54, 1.807) is 28.4 Å². The standard InChI is InChI=1S/C20H23Cl2NO4S2/c1-3-6-27-19-16(21)9-14(10-17(19)22)20(24)23(11-18-13(2)4-7-28-18)15-5-8-29(25,26)12-15/h4,7,9-10,15H,3,5-6,8,11-12H2,1-2H3/t15-/m0/s1. The van der Waals surface area contributed by atoms with E-state index in [-0.39, 0.29) is 33.5 Å². The van der Waals surface area contributed by atoms with E-state index >= 15 is 0 Å². The zero-order chi connectivity index (χ0) is 21.2. The second-order valence-electron chi connectivity index (χ2n) is 7.13. The quantitative estimate of drug-likeness (QED) is 0.566. The number of hydrogen-bond acceptors (Lipinski definition) is 5. The number of nitrogens with zero attached hydrogens (tertiary/aromatic N) is 1. The molecule has 0 radical (unpaired) electrons. The number of carbonyl (C=O) groups is 1. The van der Waals surface area contributed by atoms with Gasteiger partial charge in [0.25, 0.3) is 5.91 Å². The van der Waals surface area contributed by atoms with Crippen LogP contribution in [-0.2, 0) is 16.4 Å². The third-order valence-electron chi connectivity index (χ3n) is 4.89. The van der Waals surface area contributed by atoms with E-state index in [4.69, 9.17) is 27.9 Å². The molecule has 1 atom stereocenters. The number of rotatable bonds is 7. The summed E-state index contributed by atoms with van der Waals surface area (Å²) in [6, 6.07) is 4.70. The fraction of sp³-hybridized carbons (Fsp3) is 0.450. The molecule has 3 rings (SSSR count). The van der Waals surface area contributed by atoms with Crippen LogP contribution in [0, 0.1) is 6.92 Å². The lowest BCUT2D eigenvalue weighted by Crippen LogP contribution is -2.40. The van der Waals surface area contributed by atoms with E-state index < -0.39 is 9.84 Å². The van der Waals surface area contributed by atoms with Gasteiger partial charge in [-0.05, 0) is 48.9 Å². The third-order valence-corrected chi connectivity index (χ3v) is 8.21. The maximum absolute atomic E-state index is 13.4. The molecule has 0 bridgehead atoms. The molecule has 1 amide bonds. The zero-order valence-electron chi connectivity index (χ0n) is 16.3. The van der Waals surface area contributed by atoms with Crippen LogP contribution < -0.4 is 4.74 Å². The van der Waals surface area contributed by atoms with Gasteiger partial charge < -0.3 is 9.64 Å². The number of thiophene rings is 1. The summed E-state index contributed by atoms with van der Waals surface area (Å²) in [5.41, 5.74) is 1.40. The maximum Gasteiger partial charge on any atom is 0.254 e. The van der Waals surface area contributed by atoms with Gasteiger partial charge in [-0.2, -0.15) is 0 Å². The van der Waals surface area contributed by atoms with Gasteiger partial charge in [0.15, 0.2) is 15.6 Å². The molecular formula is C20H23Cl2NO4S2. The molecule has 2 heterocycles. The Kier molecular flexibility index (Phi) is 7.14. The highest BCUT2D eigenvalue weighted by Gasteiger charge is 2.35. The summed E-state index contributed by atoms with van der Waals surface area (Å²) in [7, 11) is -3.14. The molecule has 1 aromatic carbocycles. The number of carbonyl (C=O) groups excluding carboxylic acids is 1. The Hall–Kier alpha value is -1.28. The van der Waals surface area contributed by atoms with Crippen LogP contribution in [0.1, 0.15) is 40.6 Å². The van der Waals surface area contributed by atoms with Crippen LogP contribution in [0.4, 0.5) is 0 Å². The molecule has 1 aliphatic rings. The molecular weight excluding hydrogens is 453 g/mol. The van der Waals surface area contributed by atoms with Crippen molar-refractivity contribution in [1.29, 1.82) is 0 Å². The van der Waals surface area contributed by atoms with Crippen LogP contribution in [0.25, 0.3) is 0 Å². The van der Waals surface area contributed by atoms with E-state index in [1.165, 1.54) is 0 Å². The van der Waals surface area contributed by atoms with Gasteiger partial charge in [0.2, 0.25) is 0 Å². The first-order valence-corrected chi connectivity index (χ1v) is 12.8. The molecule has 1 aliphatic heterocycles.